The van der Waals surface area contributed by atoms with Crippen LogP contribution < -0.4 is 5.73 Å². The first-order valence-corrected chi connectivity index (χ1v) is 6.07. The normalized spacial score (nSPS) is 15.1. The number of hydrogen-bond acceptors (Lipinski definition) is 2. The number of rotatable bonds is 6. The van der Waals surface area contributed by atoms with Gasteiger partial charge in [0.2, 0.25) is 0 Å². The number of nitrogens with one attached hydrogen (secondary N) is 1. The van der Waals surface area contributed by atoms with Crippen LogP contribution >= 0.6 is 0 Å². The van der Waals surface area contributed by atoms with Crippen molar-refractivity contribution in [2.75, 3.05) is 6.54 Å². The van der Waals surface area contributed by atoms with Crippen molar-refractivity contribution in [2.45, 2.75) is 31.8 Å². The predicted octanol–water partition coefficient (Wildman–Crippen LogP) is 2.26. The maximum Gasteiger partial charge on any atom is 0.130 e. The van der Waals surface area contributed by atoms with Gasteiger partial charge in [-0.05, 0) is 25.0 Å². The summed E-state index contributed by atoms with van der Waals surface area (Å²) in [6.07, 6.45) is 2.54. The van der Waals surface area contributed by atoms with E-state index in [0.29, 0.717) is 19.0 Å². The Bertz CT molecular complexity index is 424. The lowest BCUT2D eigenvalue weighted by Crippen LogP contribution is -2.30. The Morgan fingerprint density at radius 3 is 2.44 bits per heavy atom. The number of nitrogens with two attached hydrogens (primary N) is 1. The Morgan fingerprint density at radius 2 is 1.94 bits per heavy atom. The lowest BCUT2D eigenvalue weighted by Gasteiger charge is -2.22. The summed E-state index contributed by atoms with van der Waals surface area (Å²) < 4.78 is 27.1. The van der Waals surface area contributed by atoms with Crippen LogP contribution in [0.4, 0.5) is 8.78 Å². The lowest BCUT2D eigenvalue weighted by molar-refractivity contribution is 0.254. The monoisotopic (exact) mass is 253 g/mol. The van der Waals surface area contributed by atoms with Gasteiger partial charge in [0.15, 0.2) is 0 Å². The molecule has 18 heavy (non-hydrogen) atoms. The largest absolute Gasteiger partial charge is 0.388 e. The van der Waals surface area contributed by atoms with Gasteiger partial charge in [-0.15, -0.1) is 0 Å². The standard InChI is InChI=1S/C13H17F2N3/c14-11-2-1-3-12(15)10(11)8-18(9-4-5-9)7-6-13(16)17/h1-3,9H,4-8H2,(H3,16,17). The maximum atomic E-state index is 13.6. The minimum atomic E-state index is -0.511. The van der Waals surface area contributed by atoms with E-state index in [2.05, 4.69) is 0 Å². The smallest absolute Gasteiger partial charge is 0.130 e. The van der Waals surface area contributed by atoms with Crippen molar-refractivity contribution in [2.24, 2.45) is 5.73 Å². The Balaban J connectivity index is 2.06. The number of amidine groups is 1. The molecule has 3 nitrogen and oxygen atoms in total. The Kier molecular flexibility index (Phi) is 3.91. The first-order valence-electron chi connectivity index (χ1n) is 6.07. The minimum Gasteiger partial charge on any atom is -0.388 e. The molecule has 5 heteroatoms. The fraction of sp³-hybridized carbons (Fsp3) is 0.462. The van der Waals surface area contributed by atoms with Gasteiger partial charge >= 0.3 is 0 Å². The van der Waals surface area contributed by atoms with Gasteiger partial charge < -0.3 is 5.73 Å². The van der Waals surface area contributed by atoms with E-state index in [0.717, 1.165) is 12.8 Å². The third-order valence-electron chi connectivity index (χ3n) is 3.15. The van der Waals surface area contributed by atoms with Crippen molar-refractivity contribution in [3.8, 4) is 0 Å². The van der Waals surface area contributed by atoms with E-state index in [4.69, 9.17) is 11.1 Å². The fourth-order valence-electron chi connectivity index (χ4n) is 1.98. The van der Waals surface area contributed by atoms with Crippen molar-refractivity contribution in [3.63, 3.8) is 0 Å². The minimum absolute atomic E-state index is 0.105. The molecule has 1 saturated carbocycles. The first kappa shape index (κ1) is 13.0. The van der Waals surface area contributed by atoms with Gasteiger partial charge in [0, 0.05) is 31.1 Å². The summed E-state index contributed by atoms with van der Waals surface area (Å²) in [6.45, 7) is 0.824. The van der Waals surface area contributed by atoms with E-state index in [-0.39, 0.29) is 17.9 Å². The summed E-state index contributed by atoms with van der Waals surface area (Å²) in [5.74, 6) is -0.915. The van der Waals surface area contributed by atoms with Crippen LogP contribution in [0.2, 0.25) is 0 Å². The van der Waals surface area contributed by atoms with Crippen LogP contribution in [0, 0.1) is 17.0 Å². The Hall–Kier alpha value is -1.49. The highest BCUT2D eigenvalue weighted by atomic mass is 19.1. The van der Waals surface area contributed by atoms with Crippen LogP contribution in [0.15, 0.2) is 18.2 Å². The first-order chi connectivity index (χ1) is 8.58. The molecular formula is C13H17F2N3. The highest BCUT2D eigenvalue weighted by molar-refractivity contribution is 5.76. The average Bonchev–Trinajstić information content (AvgIpc) is 3.11. The summed E-state index contributed by atoms with van der Waals surface area (Å²) in [4.78, 5) is 2.00. The molecular weight excluding hydrogens is 236 g/mol. The third kappa shape index (κ3) is 3.26. The molecule has 0 heterocycles. The van der Waals surface area contributed by atoms with Crippen molar-refractivity contribution < 1.29 is 8.78 Å². The van der Waals surface area contributed by atoms with E-state index >= 15 is 0 Å². The molecule has 1 aromatic carbocycles. The Labute approximate surface area is 105 Å². The molecule has 0 aliphatic heterocycles. The van der Waals surface area contributed by atoms with E-state index < -0.39 is 11.6 Å². The summed E-state index contributed by atoms with van der Waals surface area (Å²) in [5.41, 5.74) is 5.43. The second kappa shape index (κ2) is 5.44. The Morgan fingerprint density at radius 1 is 1.33 bits per heavy atom. The molecule has 3 N–H and O–H groups in total. The molecule has 2 rings (SSSR count). The number of hydrogen-bond donors (Lipinski definition) is 2. The molecule has 0 aromatic heterocycles. The van der Waals surface area contributed by atoms with Crippen molar-refractivity contribution >= 4 is 5.84 Å². The summed E-state index contributed by atoms with van der Waals surface area (Å²) in [6, 6.07) is 4.29. The molecule has 1 aliphatic rings. The topological polar surface area (TPSA) is 53.1 Å². The van der Waals surface area contributed by atoms with E-state index in [1.165, 1.54) is 18.2 Å². The van der Waals surface area contributed by atoms with Crippen LogP contribution in [-0.2, 0) is 6.54 Å². The van der Waals surface area contributed by atoms with Gasteiger partial charge in [0.25, 0.3) is 0 Å². The van der Waals surface area contributed by atoms with E-state index in [1.54, 1.807) is 0 Å². The van der Waals surface area contributed by atoms with Gasteiger partial charge in [0.05, 0.1) is 5.84 Å². The maximum absolute atomic E-state index is 13.6. The predicted molar refractivity (Wildman–Crippen MR) is 66.3 cm³/mol. The molecule has 0 radical (unpaired) electrons. The van der Waals surface area contributed by atoms with Gasteiger partial charge in [0.1, 0.15) is 11.6 Å². The molecule has 0 spiro atoms. The number of nitrogens with zero attached hydrogens (tertiary/aromatic N) is 1. The lowest BCUT2D eigenvalue weighted by atomic mass is 10.1. The molecule has 98 valence electrons. The molecule has 0 amide bonds. The number of halogens is 2. The highest BCUT2D eigenvalue weighted by Gasteiger charge is 2.29. The SMILES string of the molecule is N=C(N)CCN(Cc1c(F)cccc1F)C1CC1. The molecule has 1 fully saturated rings. The molecule has 0 atom stereocenters. The van der Waals surface area contributed by atoms with Gasteiger partial charge in [-0.2, -0.15) is 0 Å². The van der Waals surface area contributed by atoms with Crippen LogP contribution in [-0.4, -0.2) is 23.3 Å². The van der Waals surface area contributed by atoms with Gasteiger partial charge in [-0.1, -0.05) is 6.07 Å². The zero-order valence-electron chi connectivity index (χ0n) is 10.1. The van der Waals surface area contributed by atoms with Crippen LogP contribution in [0.3, 0.4) is 0 Å². The van der Waals surface area contributed by atoms with E-state index in [1.807, 2.05) is 4.90 Å². The van der Waals surface area contributed by atoms with E-state index in [9.17, 15) is 8.78 Å². The quantitative estimate of drug-likeness (QED) is 0.603. The second-order valence-corrected chi connectivity index (χ2v) is 4.68. The molecule has 1 aliphatic carbocycles. The third-order valence-corrected chi connectivity index (χ3v) is 3.15. The van der Waals surface area contributed by atoms with Gasteiger partial charge in [-0.25, -0.2) is 8.78 Å². The molecule has 0 saturated heterocycles. The fourth-order valence-corrected chi connectivity index (χ4v) is 1.98. The molecule has 1 aromatic rings. The van der Waals surface area contributed by atoms with Crippen LogP contribution in [0.25, 0.3) is 0 Å². The highest BCUT2D eigenvalue weighted by Crippen LogP contribution is 2.29. The van der Waals surface area contributed by atoms with Crippen LogP contribution in [0.5, 0.6) is 0 Å². The number of benzene rings is 1. The van der Waals surface area contributed by atoms with Crippen molar-refractivity contribution in [3.05, 3.63) is 35.4 Å². The summed E-state index contributed by atoms with van der Waals surface area (Å²) >= 11 is 0. The summed E-state index contributed by atoms with van der Waals surface area (Å²) in [7, 11) is 0. The second-order valence-electron chi connectivity index (χ2n) is 4.68. The van der Waals surface area contributed by atoms with Crippen molar-refractivity contribution in [1.82, 2.24) is 4.90 Å². The van der Waals surface area contributed by atoms with Crippen LogP contribution in [0.1, 0.15) is 24.8 Å². The van der Waals surface area contributed by atoms with Gasteiger partial charge in [-0.3, -0.25) is 10.3 Å². The van der Waals surface area contributed by atoms with Crippen molar-refractivity contribution in [1.29, 1.82) is 5.41 Å². The zero-order valence-corrected chi connectivity index (χ0v) is 10.1. The average molecular weight is 253 g/mol. The molecule has 0 unspecified atom stereocenters. The molecule has 0 bridgehead atoms. The zero-order chi connectivity index (χ0) is 13.1. The summed E-state index contributed by atoms with van der Waals surface area (Å²) in [5, 5.41) is 7.22.